The standard InChI is InChI=1S/C20H14ClNS/c1-22-18-13-17(21)9-10-19(18)23-20(22)11-7-14-6-8-15-4-2-3-5-16(15)12-14/h2-10,12-13H,1H3. The summed E-state index contributed by atoms with van der Waals surface area (Å²) in [5.41, 5.74) is 5.70. The molecule has 3 heteroatoms. The van der Waals surface area contributed by atoms with E-state index in [1.807, 2.05) is 25.3 Å². The van der Waals surface area contributed by atoms with E-state index in [9.17, 15) is 0 Å². The average molecular weight is 336 g/mol. The molecular formula is C20H14ClNS. The maximum absolute atomic E-state index is 6.09. The van der Waals surface area contributed by atoms with Crippen LogP contribution in [-0.2, 0) is 0 Å². The van der Waals surface area contributed by atoms with Gasteiger partial charge in [0.1, 0.15) is 5.03 Å². The van der Waals surface area contributed by atoms with Gasteiger partial charge in [-0.25, -0.2) is 0 Å². The van der Waals surface area contributed by atoms with E-state index in [0.29, 0.717) is 0 Å². The zero-order valence-electron chi connectivity index (χ0n) is 12.6. The molecule has 0 N–H and O–H groups in total. The third-order valence-corrected chi connectivity index (χ3v) is 5.31. The summed E-state index contributed by atoms with van der Waals surface area (Å²) in [4.78, 5) is 3.34. The quantitative estimate of drug-likeness (QED) is 0.488. The lowest BCUT2D eigenvalue weighted by atomic mass is 10.1. The molecule has 112 valence electrons. The van der Waals surface area contributed by atoms with Gasteiger partial charge in [0.15, 0.2) is 0 Å². The van der Waals surface area contributed by atoms with E-state index in [0.717, 1.165) is 21.3 Å². The zero-order valence-corrected chi connectivity index (χ0v) is 14.2. The van der Waals surface area contributed by atoms with Crippen molar-refractivity contribution >= 4 is 45.9 Å². The van der Waals surface area contributed by atoms with Crippen molar-refractivity contribution in [1.29, 1.82) is 0 Å². The Labute approximate surface area is 144 Å². The number of benzene rings is 3. The normalized spacial score (nSPS) is 13.1. The van der Waals surface area contributed by atoms with Crippen molar-refractivity contribution in [2.45, 2.75) is 4.90 Å². The fourth-order valence-corrected chi connectivity index (χ4v) is 3.85. The van der Waals surface area contributed by atoms with Crippen LogP contribution in [0.15, 0.2) is 76.3 Å². The predicted octanol–water partition coefficient (Wildman–Crippen LogP) is 6.19. The number of anilines is 1. The summed E-state index contributed by atoms with van der Waals surface area (Å²) in [6.07, 6.45) is 2.04. The molecule has 1 nitrogen and oxygen atoms in total. The maximum atomic E-state index is 6.09. The Hall–Kier alpha value is -2.12. The lowest BCUT2D eigenvalue weighted by Crippen LogP contribution is -2.08. The fraction of sp³-hybridized carbons (Fsp3) is 0.0500. The third kappa shape index (κ3) is 2.77. The number of fused-ring (bicyclic) bond motifs is 2. The average Bonchev–Trinajstić information content (AvgIpc) is 2.89. The van der Waals surface area contributed by atoms with Crippen molar-refractivity contribution in [3.8, 4) is 0 Å². The van der Waals surface area contributed by atoms with Crippen LogP contribution in [0.25, 0.3) is 16.8 Å². The molecule has 3 aromatic carbocycles. The highest BCUT2D eigenvalue weighted by Crippen LogP contribution is 2.45. The summed E-state index contributed by atoms with van der Waals surface area (Å²) < 4.78 is 0. The van der Waals surface area contributed by atoms with Crippen LogP contribution in [0.4, 0.5) is 5.69 Å². The van der Waals surface area contributed by atoms with E-state index in [1.165, 1.54) is 15.7 Å². The molecule has 0 atom stereocenters. The summed E-state index contributed by atoms with van der Waals surface area (Å²) >= 11 is 7.81. The molecular weight excluding hydrogens is 322 g/mol. The molecule has 0 saturated heterocycles. The van der Waals surface area contributed by atoms with E-state index < -0.39 is 0 Å². The smallest absolute Gasteiger partial charge is 0.124 e. The topological polar surface area (TPSA) is 3.24 Å². The zero-order chi connectivity index (χ0) is 15.8. The Morgan fingerprint density at radius 2 is 1.83 bits per heavy atom. The van der Waals surface area contributed by atoms with Gasteiger partial charge >= 0.3 is 0 Å². The van der Waals surface area contributed by atoms with Crippen molar-refractivity contribution in [2.24, 2.45) is 0 Å². The van der Waals surface area contributed by atoms with Crippen molar-refractivity contribution in [3.63, 3.8) is 0 Å². The molecule has 23 heavy (non-hydrogen) atoms. The first-order valence-electron chi connectivity index (χ1n) is 7.37. The fourth-order valence-electron chi connectivity index (χ4n) is 2.69. The van der Waals surface area contributed by atoms with E-state index in [1.54, 1.807) is 11.8 Å². The second-order valence-corrected chi connectivity index (χ2v) is 6.94. The highest BCUT2D eigenvalue weighted by atomic mass is 35.5. The number of halogens is 1. The summed E-state index contributed by atoms with van der Waals surface area (Å²) in [6, 6.07) is 20.8. The monoisotopic (exact) mass is 335 g/mol. The summed E-state index contributed by atoms with van der Waals surface area (Å²) in [6.45, 7) is 0. The number of thioether (sulfide) groups is 1. The van der Waals surface area contributed by atoms with Gasteiger partial charge in [-0.2, -0.15) is 0 Å². The summed E-state index contributed by atoms with van der Waals surface area (Å²) in [5.74, 6) is 0. The lowest BCUT2D eigenvalue weighted by molar-refractivity contribution is 1.18. The van der Waals surface area contributed by atoms with Gasteiger partial charge in [0.05, 0.1) is 5.69 Å². The number of hydrogen-bond acceptors (Lipinski definition) is 2. The Kier molecular flexibility index (Phi) is 3.66. The molecule has 0 aromatic heterocycles. The highest BCUT2D eigenvalue weighted by Gasteiger charge is 2.21. The lowest BCUT2D eigenvalue weighted by Gasteiger charge is -2.11. The van der Waals surface area contributed by atoms with E-state index in [4.69, 9.17) is 11.6 Å². The highest BCUT2D eigenvalue weighted by molar-refractivity contribution is 8.03. The molecule has 0 radical (unpaired) electrons. The minimum atomic E-state index is 0.760. The molecule has 0 fully saturated rings. The van der Waals surface area contributed by atoms with Gasteiger partial charge in [-0.15, -0.1) is 0 Å². The van der Waals surface area contributed by atoms with Gasteiger partial charge in [-0.1, -0.05) is 65.5 Å². The molecule has 1 heterocycles. The van der Waals surface area contributed by atoms with Crippen LogP contribution in [0.1, 0.15) is 5.56 Å². The summed E-state index contributed by atoms with van der Waals surface area (Å²) in [5, 5.41) is 4.34. The SMILES string of the molecule is CN1C(=C=Cc2ccc3ccccc3c2)Sc2ccc(Cl)cc21. The van der Waals surface area contributed by atoms with Gasteiger partial charge in [-0.05, 0) is 46.7 Å². The Morgan fingerprint density at radius 3 is 2.70 bits per heavy atom. The maximum Gasteiger partial charge on any atom is 0.124 e. The second-order valence-electron chi connectivity index (χ2n) is 5.47. The first-order valence-corrected chi connectivity index (χ1v) is 8.57. The van der Waals surface area contributed by atoms with Crippen molar-refractivity contribution in [1.82, 2.24) is 0 Å². The van der Waals surface area contributed by atoms with Gasteiger partial charge in [0.25, 0.3) is 0 Å². The predicted molar refractivity (Wildman–Crippen MR) is 101 cm³/mol. The molecule has 0 amide bonds. The number of rotatable bonds is 1. The Balaban J connectivity index is 1.71. The van der Waals surface area contributed by atoms with Gasteiger partial charge in [0.2, 0.25) is 0 Å². The molecule has 4 rings (SSSR count). The van der Waals surface area contributed by atoms with E-state index >= 15 is 0 Å². The van der Waals surface area contributed by atoms with Crippen LogP contribution in [0.5, 0.6) is 0 Å². The molecule has 3 aromatic rings. The first kappa shape index (κ1) is 14.5. The van der Waals surface area contributed by atoms with Crippen molar-refractivity contribution in [3.05, 3.63) is 82.0 Å². The van der Waals surface area contributed by atoms with E-state index in [-0.39, 0.29) is 0 Å². The van der Waals surface area contributed by atoms with Crippen molar-refractivity contribution < 1.29 is 0 Å². The van der Waals surface area contributed by atoms with Gasteiger partial charge < -0.3 is 4.90 Å². The summed E-state index contributed by atoms with van der Waals surface area (Å²) in [7, 11) is 2.05. The Morgan fingerprint density at radius 1 is 1.00 bits per heavy atom. The molecule has 0 bridgehead atoms. The Bertz CT molecular complexity index is 970. The van der Waals surface area contributed by atoms with Crippen LogP contribution in [0.2, 0.25) is 5.02 Å². The van der Waals surface area contributed by atoms with Crippen LogP contribution in [-0.4, -0.2) is 7.05 Å². The van der Waals surface area contributed by atoms with Crippen LogP contribution < -0.4 is 4.90 Å². The van der Waals surface area contributed by atoms with E-state index in [2.05, 4.69) is 59.2 Å². The molecule has 0 aliphatic carbocycles. The van der Waals surface area contributed by atoms with Crippen LogP contribution in [0.3, 0.4) is 0 Å². The van der Waals surface area contributed by atoms with Crippen LogP contribution in [0, 0.1) is 0 Å². The van der Waals surface area contributed by atoms with Crippen LogP contribution >= 0.6 is 23.4 Å². The molecule has 0 unspecified atom stereocenters. The third-order valence-electron chi connectivity index (χ3n) is 3.93. The van der Waals surface area contributed by atoms with Crippen molar-refractivity contribution in [2.75, 3.05) is 11.9 Å². The molecule has 1 aliphatic heterocycles. The number of hydrogen-bond donors (Lipinski definition) is 0. The number of nitrogens with zero attached hydrogens (tertiary/aromatic N) is 1. The molecule has 0 spiro atoms. The van der Waals surface area contributed by atoms with Gasteiger partial charge in [-0.3, -0.25) is 0 Å². The minimum Gasteiger partial charge on any atom is -0.332 e. The molecule has 0 saturated carbocycles. The van der Waals surface area contributed by atoms with Gasteiger partial charge in [0, 0.05) is 17.0 Å². The largest absolute Gasteiger partial charge is 0.332 e. The molecule has 1 aliphatic rings. The minimum absolute atomic E-state index is 0.760. The first-order chi connectivity index (χ1) is 11.2. The second kappa shape index (κ2) is 5.82.